The number of ether oxygens (including phenoxy) is 1. The van der Waals surface area contributed by atoms with Crippen LogP contribution in [0.2, 0.25) is 0 Å². The smallest absolute Gasteiger partial charge is 0.274 e. The molecule has 0 radical (unpaired) electrons. The van der Waals surface area contributed by atoms with Crippen LogP contribution in [0.25, 0.3) is 10.2 Å². The van der Waals surface area contributed by atoms with Gasteiger partial charge in [-0.2, -0.15) is 0 Å². The number of nitrogens with zero attached hydrogens (tertiary/aromatic N) is 2. The van der Waals surface area contributed by atoms with Crippen LogP contribution in [0.5, 0.6) is 5.19 Å². The first-order valence-electron chi connectivity index (χ1n) is 10.8. The van der Waals surface area contributed by atoms with Crippen LogP contribution >= 0.6 is 11.3 Å². The number of para-hydroxylation sites is 2. The average Bonchev–Trinajstić information content (AvgIpc) is 3.21. The van der Waals surface area contributed by atoms with E-state index in [0.717, 1.165) is 22.3 Å². The van der Waals surface area contributed by atoms with Gasteiger partial charge in [0.05, 0.1) is 10.2 Å². The molecule has 0 unspecified atom stereocenters. The van der Waals surface area contributed by atoms with E-state index in [1.807, 2.05) is 47.4 Å². The Morgan fingerprint density at radius 3 is 2.44 bits per heavy atom. The molecule has 0 aliphatic carbocycles. The van der Waals surface area contributed by atoms with E-state index in [1.54, 1.807) is 0 Å². The van der Waals surface area contributed by atoms with Crippen molar-refractivity contribution in [3.05, 3.63) is 90.0 Å². The SMILES string of the molecule is CC1(C)C[C@](C)(c2ccccc2)c2ccccc2N1C(=O)COc1nc2ccccc2s1. The first-order valence-corrected chi connectivity index (χ1v) is 11.7. The summed E-state index contributed by atoms with van der Waals surface area (Å²) in [4.78, 5) is 19.9. The zero-order valence-electron chi connectivity index (χ0n) is 18.5. The molecule has 3 aromatic carbocycles. The summed E-state index contributed by atoms with van der Waals surface area (Å²) in [6.07, 6.45) is 0.813. The van der Waals surface area contributed by atoms with Gasteiger partial charge in [0.2, 0.25) is 0 Å². The maximum absolute atomic E-state index is 13.5. The fraction of sp³-hybridized carbons (Fsp3) is 0.259. The van der Waals surface area contributed by atoms with Crippen molar-refractivity contribution in [2.24, 2.45) is 0 Å². The molecule has 0 saturated heterocycles. The topological polar surface area (TPSA) is 42.4 Å². The lowest BCUT2D eigenvalue weighted by Gasteiger charge is -2.51. The first-order chi connectivity index (χ1) is 15.4. The van der Waals surface area contributed by atoms with E-state index in [4.69, 9.17) is 4.74 Å². The van der Waals surface area contributed by atoms with Crippen molar-refractivity contribution in [3.8, 4) is 5.19 Å². The molecule has 5 heteroatoms. The third-order valence-corrected chi connectivity index (χ3v) is 7.33. The third kappa shape index (κ3) is 3.47. The van der Waals surface area contributed by atoms with E-state index in [0.29, 0.717) is 5.19 Å². The van der Waals surface area contributed by atoms with Crippen molar-refractivity contribution in [1.82, 2.24) is 4.98 Å². The van der Waals surface area contributed by atoms with Gasteiger partial charge in [-0.15, -0.1) is 0 Å². The Kier molecular flexibility index (Phi) is 5.01. The largest absolute Gasteiger partial charge is 0.460 e. The van der Waals surface area contributed by atoms with Crippen molar-refractivity contribution in [1.29, 1.82) is 0 Å². The summed E-state index contributed by atoms with van der Waals surface area (Å²) in [7, 11) is 0. The van der Waals surface area contributed by atoms with Gasteiger partial charge in [0.1, 0.15) is 0 Å². The van der Waals surface area contributed by atoms with Crippen molar-refractivity contribution in [2.45, 2.75) is 38.1 Å². The highest BCUT2D eigenvalue weighted by molar-refractivity contribution is 7.20. The Labute approximate surface area is 192 Å². The summed E-state index contributed by atoms with van der Waals surface area (Å²) in [5.74, 6) is -0.0585. The number of aromatic nitrogens is 1. The maximum Gasteiger partial charge on any atom is 0.274 e. The predicted octanol–water partition coefficient (Wildman–Crippen LogP) is 6.20. The summed E-state index contributed by atoms with van der Waals surface area (Å²) < 4.78 is 6.92. The molecule has 5 rings (SSSR count). The maximum atomic E-state index is 13.5. The van der Waals surface area contributed by atoms with Crippen molar-refractivity contribution >= 4 is 33.1 Å². The second-order valence-corrected chi connectivity index (χ2v) is 10.2. The molecule has 1 aliphatic heterocycles. The second kappa shape index (κ2) is 7.75. The first kappa shape index (κ1) is 20.7. The van der Waals surface area contributed by atoms with Crippen molar-refractivity contribution < 1.29 is 9.53 Å². The van der Waals surface area contributed by atoms with Crippen LogP contribution in [0.3, 0.4) is 0 Å². The molecule has 0 fully saturated rings. The molecular formula is C27H26N2O2S. The van der Waals surface area contributed by atoms with Gasteiger partial charge in [0.15, 0.2) is 6.61 Å². The van der Waals surface area contributed by atoms with Gasteiger partial charge < -0.3 is 9.64 Å². The van der Waals surface area contributed by atoms with Gasteiger partial charge in [-0.1, -0.05) is 78.9 Å². The molecule has 1 amide bonds. The van der Waals surface area contributed by atoms with E-state index in [9.17, 15) is 4.79 Å². The minimum absolute atomic E-state index is 0.0420. The normalized spacial score (nSPS) is 19.5. The lowest BCUT2D eigenvalue weighted by atomic mass is 9.65. The zero-order chi connectivity index (χ0) is 22.3. The molecule has 4 nitrogen and oxygen atoms in total. The number of rotatable bonds is 4. The molecule has 2 heterocycles. The molecule has 0 spiro atoms. The Morgan fingerprint density at radius 2 is 1.66 bits per heavy atom. The van der Waals surface area contributed by atoms with E-state index >= 15 is 0 Å². The molecule has 1 atom stereocenters. The van der Waals surface area contributed by atoms with Gasteiger partial charge in [-0.05, 0) is 49.6 Å². The summed E-state index contributed by atoms with van der Waals surface area (Å²) in [5, 5.41) is 0.525. The predicted molar refractivity (Wildman–Crippen MR) is 131 cm³/mol. The highest BCUT2D eigenvalue weighted by Crippen LogP contribution is 2.50. The number of hydrogen-bond donors (Lipinski definition) is 0. The molecule has 0 saturated carbocycles. The van der Waals surface area contributed by atoms with Gasteiger partial charge in [0.25, 0.3) is 11.1 Å². The molecule has 4 aromatic rings. The number of thiazole rings is 1. The van der Waals surface area contributed by atoms with Crippen LogP contribution < -0.4 is 9.64 Å². The van der Waals surface area contributed by atoms with Crippen LogP contribution in [0, 0.1) is 0 Å². The van der Waals surface area contributed by atoms with Gasteiger partial charge >= 0.3 is 0 Å². The number of amides is 1. The zero-order valence-corrected chi connectivity index (χ0v) is 19.4. The number of benzene rings is 3. The fourth-order valence-electron chi connectivity index (χ4n) is 5.14. The number of fused-ring (bicyclic) bond motifs is 2. The van der Waals surface area contributed by atoms with Crippen LogP contribution in [-0.2, 0) is 10.2 Å². The summed E-state index contributed by atoms with van der Waals surface area (Å²) in [5.41, 5.74) is 3.70. The van der Waals surface area contributed by atoms with Crippen molar-refractivity contribution in [2.75, 3.05) is 11.5 Å². The molecule has 0 bridgehead atoms. The summed E-state index contributed by atoms with van der Waals surface area (Å²) >= 11 is 1.46. The minimum Gasteiger partial charge on any atom is -0.460 e. The van der Waals surface area contributed by atoms with Crippen molar-refractivity contribution in [3.63, 3.8) is 0 Å². The second-order valence-electron chi connectivity index (χ2n) is 9.17. The number of anilines is 1. The number of hydrogen-bond acceptors (Lipinski definition) is 4. The monoisotopic (exact) mass is 442 g/mol. The minimum atomic E-state index is -0.382. The molecule has 1 aliphatic rings. The van der Waals surface area contributed by atoms with E-state index in [2.05, 4.69) is 62.2 Å². The Balaban J connectivity index is 1.47. The molecule has 1 aromatic heterocycles. The van der Waals surface area contributed by atoms with Crippen LogP contribution in [0.15, 0.2) is 78.9 Å². The van der Waals surface area contributed by atoms with Crippen LogP contribution in [0.4, 0.5) is 5.69 Å². The van der Waals surface area contributed by atoms with Gasteiger partial charge in [-0.3, -0.25) is 4.79 Å². The highest BCUT2D eigenvalue weighted by atomic mass is 32.1. The Hall–Kier alpha value is -3.18. The van der Waals surface area contributed by atoms with Gasteiger partial charge in [0, 0.05) is 16.6 Å². The summed E-state index contributed by atoms with van der Waals surface area (Å²) in [6.45, 7) is 6.52. The molecule has 0 N–H and O–H groups in total. The van der Waals surface area contributed by atoms with Crippen LogP contribution in [-0.4, -0.2) is 23.0 Å². The highest BCUT2D eigenvalue weighted by Gasteiger charge is 2.47. The number of carbonyl (C=O) groups is 1. The average molecular weight is 443 g/mol. The quantitative estimate of drug-likeness (QED) is 0.378. The lowest BCUT2D eigenvalue weighted by Crippen LogP contribution is -2.57. The van der Waals surface area contributed by atoms with E-state index < -0.39 is 0 Å². The molecular weight excluding hydrogens is 416 g/mol. The Bertz CT molecular complexity index is 1250. The standard InChI is InChI=1S/C27H26N2O2S/c1-26(2)18-27(3,19-11-5-4-6-12-19)20-13-7-9-15-22(20)29(26)24(30)17-31-25-28-21-14-8-10-16-23(21)32-25/h4-16H,17-18H2,1-3H3/t27-/m1/s1. The Morgan fingerprint density at radius 1 is 0.969 bits per heavy atom. The van der Waals surface area contributed by atoms with E-state index in [1.165, 1.54) is 22.5 Å². The molecule has 32 heavy (non-hydrogen) atoms. The molecule has 162 valence electrons. The lowest BCUT2D eigenvalue weighted by molar-refractivity contribution is -0.121. The van der Waals surface area contributed by atoms with Crippen LogP contribution in [0.1, 0.15) is 38.3 Å². The van der Waals surface area contributed by atoms with Gasteiger partial charge in [-0.25, -0.2) is 4.98 Å². The van der Waals surface area contributed by atoms with E-state index in [-0.39, 0.29) is 23.5 Å². The summed E-state index contributed by atoms with van der Waals surface area (Å²) in [6, 6.07) is 26.7. The fourth-order valence-corrected chi connectivity index (χ4v) is 5.95. The number of carbonyl (C=O) groups excluding carboxylic acids is 1. The third-order valence-electron chi connectivity index (χ3n) is 6.38.